The first kappa shape index (κ1) is 23.9. The fraction of sp³-hybridized carbons (Fsp3) is 0.524. The number of sulfonamides is 1. The Morgan fingerprint density at radius 2 is 1.81 bits per heavy atom. The number of hydrogen-bond donors (Lipinski definition) is 1. The van der Waals surface area contributed by atoms with Gasteiger partial charge in [-0.05, 0) is 46.1 Å². The van der Waals surface area contributed by atoms with Gasteiger partial charge in [0.05, 0.1) is 11.6 Å². The van der Waals surface area contributed by atoms with Crippen LogP contribution in [0.1, 0.15) is 57.7 Å². The second kappa shape index (κ2) is 8.99. The summed E-state index contributed by atoms with van der Waals surface area (Å²) in [5.41, 5.74) is 1.86. The smallest absolute Gasteiger partial charge is 0.309 e. The van der Waals surface area contributed by atoms with Crippen LogP contribution in [0.3, 0.4) is 0 Å². The molecule has 0 aromatic carbocycles. The second-order valence-corrected chi connectivity index (χ2v) is 10.0. The van der Waals surface area contributed by atoms with E-state index < -0.39 is 34.3 Å². The second-order valence-electron chi connectivity index (χ2n) is 8.13. The number of H-pyrrole nitrogens is 1. The van der Waals surface area contributed by atoms with Crippen LogP contribution in [0.4, 0.5) is 0 Å². The predicted molar refractivity (Wildman–Crippen MR) is 115 cm³/mol. The summed E-state index contributed by atoms with van der Waals surface area (Å²) >= 11 is 0. The lowest BCUT2D eigenvalue weighted by Gasteiger charge is -2.29. The van der Waals surface area contributed by atoms with E-state index in [9.17, 15) is 22.8 Å². The van der Waals surface area contributed by atoms with Crippen molar-refractivity contribution in [3.05, 3.63) is 34.5 Å². The minimum atomic E-state index is -3.72. The van der Waals surface area contributed by atoms with Gasteiger partial charge in [0.25, 0.3) is 10.0 Å². The Morgan fingerprint density at radius 3 is 2.31 bits per heavy atom. The minimum absolute atomic E-state index is 0.00864. The number of hydrogen-bond acceptors (Lipinski definition) is 7. The zero-order chi connectivity index (χ0) is 23.8. The third kappa shape index (κ3) is 4.53. The van der Waals surface area contributed by atoms with Crippen molar-refractivity contribution in [3.8, 4) is 0 Å². The van der Waals surface area contributed by atoms with Crippen LogP contribution in [-0.4, -0.2) is 64.5 Å². The molecule has 3 heterocycles. The molecular formula is C21H28N4O6S. The highest BCUT2D eigenvalue weighted by Crippen LogP contribution is 2.25. The van der Waals surface area contributed by atoms with E-state index in [1.165, 1.54) is 17.4 Å². The molecule has 10 nitrogen and oxygen atoms in total. The number of piperidine rings is 1. The van der Waals surface area contributed by atoms with Gasteiger partial charge in [-0.2, -0.15) is 4.31 Å². The molecule has 1 fully saturated rings. The van der Waals surface area contributed by atoms with Crippen molar-refractivity contribution in [1.82, 2.24) is 18.8 Å². The van der Waals surface area contributed by atoms with Gasteiger partial charge in [0.2, 0.25) is 5.78 Å². The molecule has 11 heteroatoms. The number of ketones is 2. The Kier molecular flexibility index (Phi) is 6.70. The number of aromatic amines is 1. The minimum Gasteiger partial charge on any atom is -0.457 e. The van der Waals surface area contributed by atoms with E-state index in [0.717, 1.165) is 0 Å². The van der Waals surface area contributed by atoms with Crippen molar-refractivity contribution < 1.29 is 27.5 Å². The fourth-order valence-electron chi connectivity index (χ4n) is 4.00. The Balaban J connectivity index is 1.56. The number of nitrogens with one attached hydrogen (secondary N) is 1. The summed E-state index contributed by atoms with van der Waals surface area (Å²) in [5.74, 6) is -0.989. The molecule has 174 valence electrons. The first-order chi connectivity index (χ1) is 14.9. The monoisotopic (exact) mass is 464 g/mol. The van der Waals surface area contributed by atoms with Gasteiger partial charge in [-0.3, -0.25) is 14.4 Å². The Bertz CT molecular complexity index is 1150. The van der Waals surface area contributed by atoms with Crippen LogP contribution < -0.4 is 0 Å². The molecule has 2 aromatic heterocycles. The van der Waals surface area contributed by atoms with Crippen LogP contribution in [0.2, 0.25) is 0 Å². The summed E-state index contributed by atoms with van der Waals surface area (Å²) in [7, 11) is -2.00. The number of ether oxygens (including phenoxy) is 1. The van der Waals surface area contributed by atoms with E-state index in [2.05, 4.69) is 9.97 Å². The van der Waals surface area contributed by atoms with Crippen LogP contribution >= 0.6 is 0 Å². The van der Waals surface area contributed by atoms with Crippen LogP contribution in [0.15, 0.2) is 11.2 Å². The molecule has 2 aromatic rings. The van der Waals surface area contributed by atoms with E-state index >= 15 is 0 Å². The molecule has 0 bridgehead atoms. The highest BCUT2D eigenvalue weighted by atomic mass is 32.2. The third-order valence-electron chi connectivity index (χ3n) is 5.89. The summed E-state index contributed by atoms with van der Waals surface area (Å²) in [5, 5.41) is -0.00864. The van der Waals surface area contributed by atoms with Crippen LogP contribution in [0, 0.1) is 26.7 Å². The quantitative estimate of drug-likeness (QED) is 0.487. The average Bonchev–Trinajstić information content (AvgIpc) is 3.24. The third-order valence-corrected chi connectivity index (χ3v) is 7.66. The topological polar surface area (TPSA) is 131 Å². The number of carbonyl (C=O) groups is 3. The molecule has 0 spiro atoms. The molecule has 1 aliphatic heterocycles. The molecule has 0 radical (unpaired) electrons. The van der Waals surface area contributed by atoms with Gasteiger partial charge in [-0.1, -0.05) is 0 Å². The average molecular weight is 465 g/mol. The van der Waals surface area contributed by atoms with E-state index in [-0.39, 0.29) is 29.6 Å². The Labute approximate surface area is 187 Å². The Morgan fingerprint density at radius 1 is 1.19 bits per heavy atom. The van der Waals surface area contributed by atoms with E-state index in [4.69, 9.17) is 4.74 Å². The van der Waals surface area contributed by atoms with E-state index in [0.29, 0.717) is 35.5 Å². The molecule has 0 aliphatic carbocycles. The maximum atomic E-state index is 12.8. The summed E-state index contributed by atoms with van der Waals surface area (Å²) in [6, 6.07) is 0. The Hall–Kier alpha value is -2.79. The van der Waals surface area contributed by atoms with Crippen LogP contribution in [0.25, 0.3) is 0 Å². The van der Waals surface area contributed by atoms with Crippen LogP contribution in [0.5, 0.6) is 0 Å². The van der Waals surface area contributed by atoms with Gasteiger partial charge >= 0.3 is 5.97 Å². The zero-order valence-electron chi connectivity index (χ0n) is 18.9. The van der Waals surface area contributed by atoms with Gasteiger partial charge in [0.15, 0.2) is 17.4 Å². The highest BCUT2D eigenvalue weighted by molar-refractivity contribution is 7.89. The number of aryl methyl sites for hydroxylation is 3. The number of Topliss-reactive ketones (excluding diaryl/α,β-unsaturated/α-hetero) is 2. The zero-order valence-corrected chi connectivity index (χ0v) is 19.7. The fourth-order valence-corrected chi connectivity index (χ4v) is 5.49. The maximum absolute atomic E-state index is 12.8. The molecule has 1 aliphatic rings. The lowest BCUT2D eigenvalue weighted by atomic mass is 9.98. The van der Waals surface area contributed by atoms with Crippen molar-refractivity contribution in [2.45, 2.75) is 45.6 Å². The highest BCUT2D eigenvalue weighted by Gasteiger charge is 2.34. The molecule has 0 amide bonds. The van der Waals surface area contributed by atoms with Gasteiger partial charge in [-0.15, -0.1) is 0 Å². The molecule has 0 atom stereocenters. The molecule has 1 saturated heterocycles. The van der Waals surface area contributed by atoms with Crippen molar-refractivity contribution >= 4 is 27.6 Å². The largest absolute Gasteiger partial charge is 0.457 e. The molecular weight excluding hydrogens is 436 g/mol. The normalized spacial score (nSPS) is 15.7. The van der Waals surface area contributed by atoms with Gasteiger partial charge < -0.3 is 14.3 Å². The van der Waals surface area contributed by atoms with Crippen molar-refractivity contribution in [1.29, 1.82) is 0 Å². The van der Waals surface area contributed by atoms with Gasteiger partial charge in [-0.25, -0.2) is 13.4 Å². The van der Waals surface area contributed by atoms with E-state index in [1.807, 2.05) is 0 Å². The SMILES string of the molecule is CC(=O)c1c(C)[nH]c(C(=O)COC(=O)C2CCN(S(=O)(=O)c3cn(C)c(C)n3)CC2)c1C. The predicted octanol–water partition coefficient (Wildman–Crippen LogP) is 1.70. The number of nitrogens with zero attached hydrogens (tertiary/aromatic N) is 3. The number of aromatic nitrogens is 3. The lowest BCUT2D eigenvalue weighted by molar-refractivity contribution is -0.148. The van der Waals surface area contributed by atoms with Crippen molar-refractivity contribution in [3.63, 3.8) is 0 Å². The number of rotatable bonds is 7. The molecule has 0 saturated carbocycles. The van der Waals surface area contributed by atoms with E-state index in [1.54, 1.807) is 32.4 Å². The van der Waals surface area contributed by atoms with Crippen molar-refractivity contribution in [2.24, 2.45) is 13.0 Å². The summed E-state index contributed by atoms with van der Waals surface area (Å²) in [6.07, 6.45) is 2.07. The molecule has 3 rings (SSSR count). The summed E-state index contributed by atoms with van der Waals surface area (Å²) in [6.45, 7) is 6.43. The van der Waals surface area contributed by atoms with Crippen LogP contribution in [-0.2, 0) is 26.6 Å². The number of imidazole rings is 1. The standard InChI is InChI=1S/C21H28N4O6S/c1-12-19(14(3)26)13(2)22-20(12)17(27)11-31-21(28)16-6-8-25(9-7-16)32(29,30)18-10-24(5)15(4)23-18/h10,16,22H,6-9,11H2,1-5H3. The maximum Gasteiger partial charge on any atom is 0.309 e. The van der Waals surface area contributed by atoms with Crippen molar-refractivity contribution in [2.75, 3.05) is 19.7 Å². The number of carbonyl (C=O) groups excluding carboxylic acids is 3. The molecule has 1 N–H and O–H groups in total. The summed E-state index contributed by atoms with van der Waals surface area (Å²) < 4.78 is 33.7. The van der Waals surface area contributed by atoms with Gasteiger partial charge in [0.1, 0.15) is 5.82 Å². The number of esters is 1. The first-order valence-corrected chi connectivity index (χ1v) is 11.8. The first-order valence-electron chi connectivity index (χ1n) is 10.3. The van der Waals surface area contributed by atoms with Gasteiger partial charge in [0, 0.05) is 37.6 Å². The summed E-state index contributed by atoms with van der Waals surface area (Å²) in [4.78, 5) is 43.7. The molecule has 32 heavy (non-hydrogen) atoms. The molecule has 0 unspecified atom stereocenters. The lowest BCUT2D eigenvalue weighted by Crippen LogP contribution is -2.41.